The second-order valence-electron chi connectivity index (χ2n) is 15.8. The van der Waals surface area contributed by atoms with Crippen molar-refractivity contribution in [3.63, 3.8) is 0 Å². The number of esters is 1. The normalized spacial score (nSPS) is 40.5. The van der Waals surface area contributed by atoms with Gasteiger partial charge >= 0.3 is 5.97 Å². The molecule has 8 atom stereocenters. The lowest BCUT2D eigenvalue weighted by Crippen LogP contribution is -2.55. The summed E-state index contributed by atoms with van der Waals surface area (Å²) in [5.41, 5.74) is -2.70. The van der Waals surface area contributed by atoms with Crippen molar-refractivity contribution in [2.75, 3.05) is 47.9 Å². The molecule has 0 bridgehead atoms. The smallest absolute Gasteiger partial charge is 0.319 e. The highest BCUT2D eigenvalue weighted by Crippen LogP contribution is 2.39. The highest BCUT2D eigenvalue weighted by Gasteiger charge is 2.50. The minimum atomic E-state index is -1.38. The molecule has 1 saturated carbocycles. The summed E-state index contributed by atoms with van der Waals surface area (Å²) in [5, 5.41) is 12.1. The van der Waals surface area contributed by atoms with Gasteiger partial charge in [0.05, 0.1) is 17.8 Å². The third-order valence-electron chi connectivity index (χ3n) is 10.4. The Morgan fingerprint density at radius 1 is 1.02 bits per heavy atom. The molecular weight excluding hydrogens is 546 g/mol. The molecule has 9 heteroatoms. The van der Waals surface area contributed by atoms with Crippen molar-refractivity contribution in [1.29, 1.82) is 0 Å². The van der Waals surface area contributed by atoms with Crippen LogP contribution in [0.4, 0.5) is 0 Å². The Balaban J connectivity index is 1.85. The Labute approximate surface area is 262 Å². The standard InChI is InChI=1S/C34H63N3O6/c1-21(2)18-36(11)27-14-25(15-27)28-20-41-32(39)33(6,7)30(38)24(5)31(34(8,40)17-22(3)19-37(28)12)43-29-16-26(35(9)10)13-23(4)42-29/h21-29,31,40H,13-20H2,1-12H3/t22-,23-,24+,25?,26+,27?,28+,29+,31-,34+/m1/s1. The van der Waals surface area contributed by atoms with E-state index >= 15 is 0 Å². The molecule has 2 heterocycles. The van der Waals surface area contributed by atoms with Gasteiger partial charge in [0, 0.05) is 43.6 Å². The number of carbonyl (C=O) groups excluding carboxylic acids is 2. The predicted molar refractivity (Wildman–Crippen MR) is 170 cm³/mol. The van der Waals surface area contributed by atoms with Gasteiger partial charge in [0.1, 0.15) is 12.0 Å². The first-order valence-corrected chi connectivity index (χ1v) is 16.6. The van der Waals surface area contributed by atoms with Gasteiger partial charge in [0.25, 0.3) is 0 Å². The van der Waals surface area contributed by atoms with E-state index in [2.05, 4.69) is 49.6 Å². The van der Waals surface area contributed by atoms with Crippen LogP contribution in [0.15, 0.2) is 0 Å². The number of ether oxygens (including phenoxy) is 3. The molecule has 0 aromatic carbocycles. The zero-order valence-corrected chi connectivity index (χ0v) is 29.3. The van der Waals surface area contributed by atoms with Crippen molar-refractivity contribution in [3.8, 4) is 0 Å². The molecular formula is C34H63N3O6. The number of aliphatic hydroxyl groups is 1. The molecule has 1 N–H and O–H groups in total. The van der Waals surface area contributed by atoms with Crippen LogP contribution in [0.2, 0.25) is 0 Å². The quantitative estimate of drug-likeness (QED) is 0.339. The van der Waals surface area contributed by atoms with Crippen LogP contribution >= 0.6 is 0 Å². The maximum absolute atomic E-state index is 14.0. The third kappa shape index (κ3) is 9.01. The monoisotopic (exact) mass is 609 g/mol. The summed E-state index contributed by atoms with van der Waals surface area (Å²) in [6.45, 7) is 17.6. The molecule has 2 aliphatic heterocycles. The number of nitrogens with zero attached hydrogens (tertiary/aromatic N) is 3. The molecule has 3 aliphatic rings. The minimum absolute atomic E-state index is 0.0101. The van der Waals surface area contributed by atoms with Crippen molar-refractivity contribution in [1.82, 2.24) is 14.7 Å². The number of hydrogen-bond acceptors (Lipinski definition) is 9. The van der Waals surface area contributed by atoms with Crippen molar-refractivity contribution < 1.29 is 28.9 Å². The topological polar surface area (TPSA) is 91.8 Å². The predicted octanol–water partition coefficient (Wildman–Crippen LogP) is 4.06. The molecule has 9 nitrogen and oxygen atoms in total. The van der Waals surface area contributed by atoms with E-state index in [4.69, 9.17) is 14.2 Å². The van der Waals surface area contributed by atoms with Crippen molar-refractivity contribution in [3.05, 3.63) is 0 Å². The maximum atomic E-state index is 14.0. The zero-order valence-electron chi connectivity index (χ0n) is 29.3. The SMILES string of the molecule is CC(C)CN(C)C1CC([C@@H]2COC(=O)C(C)(C)C(=O)[C@H](C)[C@@H](O[C@H]3C[C@@H](N(C)C)C[C@@H](C)O3)[C@@](C)(O)C[C@@H](C)CN2C)C1. The fourth-order valence-corrected chi connectivity index (χ4v) is 7.86. The van der Waals surface area contributed by atoms with Gasteiger partial charge in [-0.3, -0.25) is 14.5 Å². The molecule has 0 radical (unpaired) electrons. The first-order chi connectivity index (χ1) is 19.8. The molecule has 1 aliphatic carbocycles. The Bertz CT molecular complexity index is 933. The summed E-state index contributed by atoms with van der Waals surface area (Å²) >= 11 is 0. The van der Waals surface area contributed by atoms with Gasteiger partial charge in [-0.2, -0.15) is 0 Å². The van der Waals surface area contributed by atoms with Gasteiger partial charge in [-0.25, -0.2) is 0 Å². The van der Waals surface area contributed by atoms with Crippen LogP contribution in [0.3, 0.4) is 0 Å². The summed E-state index contributed by atoms with van der Waals surface area (Å²) < 4.78 is 18.7. The first-order valence-electron chi connectivity index (χ1n) is 16.6. The molecule has 0 aromatic heterocycles. The number of Topliss-reactive ketones (excluding diaryl/α,β-unsaturated/α-hetero) is 1. The lowest BCUT2D eigenvalue weighted by Gasteiger charge is -2.48. The summed E-state index contributed by atoms with van der Waals surface area (Å²) in [5.74, 6) is -0.423. The number of hydrogen-bond donors (Lipinski definition) is 1. The summed E-state index contributed by atoms with van der Waals surface area (Å²) in [6, 6.07) is 0.857. The average Bonchev–Trinajstić information content (AvgIpc) is 2.85. The van der Waals surface area contributed by atoms with Gasteiger partial charge in [-0.05, 0) is 99.3 Å². The van der Waals surface area contributed by atoms with Crippen LogP contribution in [0, 0.1) is 29.1 Å². The van der Waals surface area contributed by atoms with Gasteiger partial charge in [-0.1, -0.05) is 27.7 Å². The van der Waals surface area contributed by atoms with Crippen LogP contribution in [0.25, 0.3) is 0 Å². The number of rotatable bonds is 7. The van der Waals surface area contributed by atoms with Crippen molar-refractivity contribution >= 4 is 11.8 Å². The molecule has 250 valence electrons. The van der Waals surface area contributed by atoms with Crippen LogP contribution in [0.5, 0.6) is 0 Å². The van der Waals surface area contributed by atoms with Gasteiger partial charge in [-0.15, -0.1) is 0 Å². The van der Waals surface area contributed by atoms with Crippen molar-refractivity contribution in [2.24, 2.45) is 29.1 Å². The third-order valence-corrected chi connectivity index (χ3v) is 10.4. The molecule has 0 spiro atoms. The van der Waals surface area contributed by atoms with E-state index in [1.54, 1.807) is 27.7 Å². The molecule has 3 fully saturated rings. The Morgan fingerprint density at radius 3 is 2.23 bits per heavy atom. The second kappa shape index (κ2) is 14.5. The fourth-order valence-electron chi connectivity index (χ4n) is 7.86. The van der Waals surface area contributed by atoms with E-state index in [0.717, 1.165) is 32.4 Å². The zero-order chi connectivity index (χ0) is 32.4. The van der Waals surface area contributed by atoms with E-state index in [9.17, 15) is 14.7 Å². The number of cyclic esters (lactones) is 1. The van der Waals surface area contributed by atoms with E-state index < -0.39 is 35.3 Å². The molecule has 2 saturated heterocycles. The van der Waals surface area contributed by atoms with E-state index in [1.807, 2.05) is 21.0 Å². The van der Waals surface area contributed by atoms with Gasteiger partial charge < -0.3 is 29.1 Å². The number of carbonyl (C=O) groups is 2. The molecule has 0 amide bonds. The molecule has 0 aromatic rings. The lowest BCUT2D eigenvalue weighted by molar-refractivity contribution is -0.259. The number of ketones is 1. The average molecular weight is 610 g/mol. The number of likely N-dealkylation sites (N-methyl/N-ethyl adjacent to an activating group) is 1. The second-order valence-corrected chi connectivity index (χ2v) is 15.8. The van der Waals surface area contributed by atoms with Gasteiger partial charge in [0.2, 0.25) is 0 Å². The molecule has 0 unspecified atom stereocenters. The van der Waals surface area contributed by atoms with Crippen LogP contribution < -0.4 is 0 Å². The molecule has 43 heavy (non-hydrogen) atoms. The minimum Gasteiger partial charge on any atom is -0.463 e. The van der Waals surface area contributed by atoms with Gasteiger partial charge in [0.15, 0.2) is 12.1 Å². The summed E-state index contributed by atoms with van der Waals surface area (Å²) in [7, 11) is 8.40. The Hall–Kier alpha value is -1.10. The van der Waals surface area contributed by atoms with Crippen molar-refractivity contribution in [2.45, 2.75) is 130 Å². The first kappa shape index (κ1) is 36.4. The summed E-state index contributed by atoms with van der Waals surface area (Å²) in [4.78, 5) is 34.5. The van der Waals surface area contributed by atoms with E-state index in [0.29, 0.717) is 30.7 Å². The highest BCUT2D eigenvalue weighted by atomic mass is 16.7. The Morgan fingerprint density at radius 2 is 1.65 bits per heavy atom. The van der Waals surface area contributed by atoms with E-state index in [1.165, 1.54) is 0 Å². The highest BCUT2D eigenvalue weighted by molar-refractivity contribution is 6.04. The largest absolute Gasteiger partial charge is 0.463 e. The summed E-state index contributed by atoms with van der Waals surface area (Å²) in [6.07, 6.45) is 2.69. The van der Waals surface area contributed by atoms with Crippen LogP contribution in [0.1, 0.15) is 87.5 Å². The lowest BCUT2D eigenvalue weighted by atomic mass is 9.74. The maximum Gasteiger partial charge on any atom is 0.319 e. The van der Waals surface area contributed by atoms with Crippen LogP contribution in [-0.2, 0) is 23.8 Å². The fraction of sp³-hybridized carbons (Fsp3) is 0.941. The van der Waals surface area contributed by atoms with E-state index in [-0.39, 0.29) is 36.5 Å². The van der Waals surface area contributed by atoms with Crippen LogP contribution in [-0.4, -0.2) is 122 Å². The Kier molecular flexibility index (Phi) is 12.3. The molecule has 3 rings (SSSR count).